The molecule has 0 bridgehead atoms. The molecule has 1 aliphatic rings. The summed E-state index contributed by atoms with van der Waals surface area (Å²) in [5.74, 6) is 1.13. The van der Waals surface area contributed by atoms with Crippen molar-refractivity contribution in [3.8, 4) is 16.8 Å². The lowest BCUT2D eigenvalue weighted by Gasteiger charge is -2.23. The summed E-state index contributed by atoms with van der Waals surface area (Å²) in [5, 5.41) is 12.3. The highest BCUT2D eigenvalue weighted by molar-refractivity contribution is 5.98. The fourth-order valence-corrected chi connectivity index (χ4v) is 4.06. The topological polar surface area (TPSA) is 60.7 Å². The van der Waals surface area contributed by atoms with E-state index in [0.29, 0.717) is 23.7 Å². The molecular weight excluding hydrogens is 391 g/mol. The van der Waals surface area contributed by atoms with Crippen LogP contribution in [0.1, 0.15) is 70.1 Å². The summed E-state index contributed by atoms with van der Waals surface area (Å²) in [6.07, 6.45) is 2.88. The Morgan fingerprint density at radius 2 is 1.71 bits per heavy atom. The zero-order chi connectivity index (χ0) is 22.4. The van der Waals surface area contributed by atoms with Crippen molar-refractivity contribution in [2.75, 3.05) is 0 Å². The molecule has 0 amide bonds. The third-order valence-corrected chi connectivity index (χ3v) is 6.10. The molecule has 2 aromatic carbocycles. The molecular formula is C25H29FN4O. The summed E-state index contributed by atoms with van der Waals surface area (Å²) < 4.78 is 15.2. The van der Waals surface area contributed by atoms with Gasteiger partial charge in [-0.1, -0.05) is 46.8 Å². The lowest BCUT2D eigenvalue weighted by Crippen LogP contribution is -2.21. The van der Waals surface area contributed by atoms with Gasteiger partial charge in [0, 0.05) is 17.4 Å². The number of hydrogen-bond donors (Lipinski definition) is 0. The molecule has 0 aliphatic heterocycles. The van der Waals surface area contributed by atoms with Crippen LogP contribution in [0.3, 0.4) is 0 Å². The number of benzene rings is 2. The van der Waals surface area contributed by atoms with E-state index in [0.717, 1.165) is 16.8 Å². The van der Waals surface area contributed by atoms with Gasteiger partial charge in [-0.25, -0.2) is 4.39 Å². The predicted octanol–water partition coefficient (Wildman–Crippen LogP) is 5.77. The number of rotatable bonds is 6. The van der Waals surface area contributed by atoms with Crippen LogP contribution < -0.4 is 0 Å². The standard InChI is InChI=1S/C25H29FN4O/c1-24(2,3)23-27-28-29-30(23)21-13-17(16-6-10-20(26)11-7-16)12-18(14-21)22(31)15-25(4,5)19-8-9-19/h6-7,10-14,19H,8-9,15H2,1-5H3. The van der Waals surface area contributed by atoms with Crippen molar-refractivity contribution in [3.63, 3.8) is 0 Å². The molecule has 1 aromatic heterocycles. The number of halogens is 1. The zero-order valence-electron chi connectivity index (χ0n) is 18.8. The molecule has 0 unspecified atom stereocenters. The average Bonchev–Trinajstić information content (AvgIpc) is 3.44. The highest BCUT2D eigenvalue weighted by atomic mass is 19.1. The van der Waals surface area contributed by atoms with E-state index >= 15 is 0 Å². The normalized spacial score (nSPS) is 14.6. The van der Waals surface area contributed by atoms with Crippen molar-refractivity contribution in [1.29, 1.82) is 0 Å². The number of tetrazole rings is 1. The first-order valence-corrected chi connectivity index (χ1v) is 10.8. The second kappa shape index (κ2) is 7.66. The third-order valence-electron chi connectivity index (χ3n) is 6.10. The van der Waals surface area contributed by atoms with Crippen molar-refractivity contribution in [2.45, 2.75) is 59.3 Å². The van der Waals surface area contributed by atoms with Gasteiger partial charge >= 0.3 is 0 Å². The van der Waals surface area contributed by atoms with E-state index in [4.69, 9.17) is 0 Å². The molecule has 0 saturated heterocycles. The van der Waals surface area contributed by atoms with E-state index in [1.807, 2.05) is 39.0 Å². The fourth-order valence-electron chi connectivity index (χ4n) is 4.06. The van der Waals surface area contributed by atoms with E-state index in [1.54, 1.807) is 16.8 Å². The van der Waals surface area contributed by atoms with Crippen LogP contribution in [-0.4, -0.2) is 26.0 Å². The maximum atomic E-state index is 13.5. The summed E-state index contributed by atoms with van der Waals surface area (Å²) in [6, 6.07) is 12.0. The Bertz CT molecular complexity index is 1110. The second-order valence-electron chi connectivity index (χ2n) is 10.3. The Morgan fingerprint density at radius 1 is 1.03 bits per heavy atom. The SMILES string of the molecule is CC(C)(C)c1nnnn1-c1cc(C(=O)CC(C)(C)C2CC2)cc(-c2ccc(F)cc2)c1. The van der Waals surface area contributed by atoms with E-state index in [1.165, 1.54) is 25.0 Å². The molecule has 4 rings (SSSR count). The van der Waals surface area contributed by atoms with Gasteiger partial charge in [0.15, 0.2) is 11.6 Å². The van der Waals surface area contributed by atoms with Crippen LogP contribution in [0.15, 0.2) is 42.5 Å². The Kier molecular flexibility index (Phi) is 5.28. The molecule has 1 aliphatic carbocycles. The van der Waals surface area contributed by atoms with Gasteiger partial charge < -0.3 is 0 Å². The Hall–Kier alpha value is -2.89. The number of Topliss-reactive ketones (excluding diaryl/α,β-unsaturated/α-hetero) is 1. The van der Waals surface area contributed by atoms with Gasteiger partial charge in [0.1, 0.15) is 5.82 Å². The number of ketones is 1. The summed E-state index contributed by atoms with van der Waals surface area (Å²) in [5.41, 5.74) is 2.73. The summed E-state index contributed by atoms with van der Waals surface area (Å²) >= 11 is 0. The van der Waals surface area contributed by atoms with Crippen molar-refractivity contribution in [2.24, 2.45) is 11.3 Å². The van der Waals surface area contributed by atoms with E-state index in [9.17, 15) is 9.18 Å². The van der Waals surface area contributed by atoms with Crippen molar-refractivity contribution < 1.29 is 9.18 Å². The molecule has 0 spiro atoms. The molecule has 162 valence electrons. The van der Waals surface area contributed by atoms with E-state index < -0.39 is 0 Å². The number of aromatic nitrogens is 4. The first-order valence-electron chi connectivity index (χ1n) is 10.8. The monoisotopic (exact) mass is 420 g/mol. The van der Waals surface area contributed by atoms with E-state index in [-0.39, 0.29) is 22.4 Å². The van der Waals surface area contributed by atoms with Gasteiger partial charge in [-0.05, 0) is 76.1 Å². The Morgan fingerprint density at radius 3 is 2.32 bits per heavy atom. The van der Waals surface area contributed by atoms with Gasteiger partial charge in [-0.15, -0.1) is 5.10 Å². The molecule has 0 radical (unpaired) electrons. The Labute approximate surface area is 182 Å². The van der Waals surface area contributed by atoms with E-state index in [2.05, 4.69) is 29.4 Å². The van der Waals surface area contributed by atoms with Crippen LogP contribution >= 0.6 is 0 Å². The smallest absolute Gasteiger partial charge is 0.163 e. The quantitative estimate of drug-likeness (QED) is 0.475. The predicted molar refractivity (Wildman–Crippen MR) is 119 cm³/mol. The van der Waals surface area contributed by atoms with Gasteiger partial charge in [-0.3, -0.25) is 4.79 Å². The highest BCUT2D eigenvalue weighted by Gasteiger charge is 2.39. The third kappa shape index (κ3) is 4.58. The van der Waals surface area contributed by atoms with Gasteiger partial charge in [0.05, 0.1) is 5.69 Å². The van der Waals surface area contributed by atoms with Crippen LogP contribution in [0.2, 0.25) is 0 Å². The molecule has 1 heterocycles. The molecule has 6 heteroatoms. The first-order chi connectivity index (χ1) is 14.5. The first kappa shape index (κ1) is 21.3. The van der Waals surface area contributed by atoms with Gasteiger partial charge in [0.2, 0.25) is 0 Å². The fraction of sp³-hybridized carbons (Fsp3) is 0.440. The number of hydrogen-bond acceptors (Lipinski definition) is 4. The summed E-state index contributed by atoms with van der Waals surface area (Å²) in [6.45, 7) is 10.5. The largest absolute Gasteiger partial charge is 0.294 e. The lowest BCUT2D eigenvalue weighted by molar-refractivity contribution is 0.0917. The van der Waals surface area contributed by atoms with Crippen molar-refractivity contribution >= 4 is 5.78 Å². The van der Waals surface area contributed by atoms with Crippen LogP contribution in [-0.2, 0) is 5.41 Å². The van der Waals surface area contributed by atoms with Gasteiger partial charge in [0.25, 0.3) is 0 Å². The summed E-state index contributed by atoms with van der Waals surface area (Å²) in [4.78, 5) is 13.3. The number of nitrogens with zero attached hydrogens (tertiary/aromatic N) is 4. The molecule has 3 aromatic rings. The highest BCUT2D eigenvalue weighted by Crippen LogP contribution is 2.47. The average molecular weight is 421 g/mol. The zero-order valence-corrected chi connectivity index (χ0v) is 18.8. The minimum atomic E-state index is -0.294. The van der Waals surface area contributed by atoms with Crippen LogP contribution in [0, 0.1) is 17.2 Å². The van der Waals surface area contributed by atoms with Crippen LogP contribution in [0.5, 0.6) is 0 Å². The molecule has 1 fully saturated rings. The number of carbonyl (C=O) groups excluding carboxylic acids is 1. The maximum absolute atomic E-state index is 13.5. The van der Waals surface area contributed by atoms with Crippen molar-refractivity contribution in [3.05, 3.63) is 59.7 Å². The van der Waals surface area contributed by atoms with Crippen molar-refractivity contribution in [1.82, 2.24) is 20.2 Å². The molecule has 31 heavy (non-hydrogen) atoms. The summed E-state index contributed by atoms with van der Waals surface area (Å²) in [7, 11) is 0. The van der Waals surface area contributed by atoms with Gasteiger partial charge in [-0.2, -0.15) is 4.68 Å². The lowest BCUT2D eigenvalue weighted by atomic mass is 9.80. The minimum absolute atomic E-state index is 0.0193. The number of carbonyl (C=O) groups is 1. The Balaban J connectivity index is 1.80. The second-order valence-corrected chi connectivity index (χ2v) is 10.3. The molecule has 5 nitrogen and oxygen atoms in total. The molecule has 0 atom stereocenters. The molecule has 1 saturated carbocycles. The van der Waals surface area contributed by atoms with Crippen LogP contribution in [0.25, 0.3) is 16.8 Å². The van der Waals surface area contributed by atoms with Crippen LogP contribution in [0.4, 0.5) is 4.39 Å². The molecule has 0 N–H and O–H groups in total. The minimum Gasteiger partial charge on any atom is -0.294 e. The maximum Gasteiger partial charge on any atom is 0.163 e.